The minimum absolute atomic E-state index is 0.265. The first-order valence-electron chi connectivity index (χ1n) is 12.3. The van der Waals surface area contributed by atoms with E-state index in [1.165, 1.54) is 0 Å². The lowest BCUT2D eigenvalue weighted by Gasteiger charge is -2.24. The van der Waals surface area contributed by atoms with Crippen molar-refractivity contribution in [1.29, 1.82) is 0 Å². The molecule has 0 fully saturated rings. The quantitative estimate of drug-likeness (QED) is 0.413. The number of rotatable bonds is 9. The van der Waals surface area contributed by atoms with Gasteiger partial charge in [-0.25, -0.2) is 0 Å². The zero-order valence-electron chi connectivity index (χ0n) is 21.1. The summed E-state index contributed by atoms with van der Waals surface area (Å²) in [6, 6.07) is 21.9. The molecular formula is C29H32N4O4. The monoisotopic (exact) mass is 500 g/mol. The van der Waals surface area contributed by atoms with Gasteiger partial charge in [-0.15, -0.1) is 0 Å². The Morgan fingerprint density at radius 2 is 1.76 bits per heavy atom. The molecule has 0 aliphatic carbocycles. The molecule has 2 amide bonds. The largest absolute Gasteiger partial charge is 0.481 e. The number of amides is 2. The third kappa shape index (κ3) is 6.95. The molecule has 192 valence electrons. The third-order valence-electron chi connectivity index (χ3n) is 6.28. The Labute approximate surface area is 216 Å². The molecular weight excluding hydrogens is 468 g/mol. The number of benzene rings is 3. The lowest BCUT2D eigenvalue weighted by molar-refractivity contribution is -0.141. The van der Waals surface area contributed by atoms with Gasteiger partial charge >= 0.3 is 5.97 Å². The van der Waals surface area contributed by atoms with Gasteiger partial charge in [0.25, 0.3) is 5.91 Å². The third-order valence-corrected chi connectivity index (χ3v) is 6.28. The Kier molecular flexibility index (Phi) is 8.20. The van der Waals surface area contributed by atoms with E-state index in [0.717, 1.165) is 23.2 Å². The molecule has 1 aliphatic heterocycles. The van der Waals surface area contributed by atoms with Gasteiger partial charge in [0.1, 0.15) is 6.04 Å². The molecule has 0 radical (unpaired) electrons. The average molecular weight is 501 g/mol. The summed E-state index contributed by atoms with van der Waals surface area (Å²) in [6.07, 6.45) is 0.311. The summed E-state index contributed by atoms with van der Waals surface area (Å²) in [5.74, 6) is -1.61. The van der Waals surface area contributed by atoms with E-state index in [1.54, 1.807) is 17.0 Å². The molecule has 0 bridgehead atoms. The normalized spacial score (nSPS) is 15.1. The van der Waals surface area contributed by atoms with Crippen molar-refractivity contribution in [3.8, 4) is 0 Å². The molecule has 0 aromatic heterocycles. The van der Waals surface area contributed by atoms with Crippen molar-refractivity contribution < 1.29 is 19.5 Å². The fourth-order valence-electron chi connectivity index (χ4n) is 4.42. The first kappa shape index (κ1) is 25.9. The van der Waals surface area contributed by atoms with Crippen LogP contribution in [0.3, 0.4) is 0 Å². The summed E-state index contributed by atoms with van der Waals surface area (Å²) in [4.78, 5) is 41.5. The van der Waals surface area contributed by atoms with Gasteiger partial charge in [0.2, 0.25) is 5.91 Å². The first-order chi connectivity index (χ1) is 17.8. The second-order valence-corrected chi connectivity index (χ2v) is 9.55. The topological polar surface area (TPSA) is 102 Å². The Hall–Kier alpha value is -4.17. The van der Waals surface area contributed by atoms with Crippen LogP contribution in [0.1, 0.15) is 33.5 Å². The standard InChI is InChI=1S/C29H32N4O4/c1-32(2)18-21-8-12-24(13-9-21)30-28(36)22-10-11-23-19-33(15-14-20-6-4-3-5-7-20)29(37)26(17-27(34)35)31-25(23)16-22/h3-13,16,26,31H,14-15,17-19H2,1-2H3,(H,30,36)(H,34,35)/t26-/m1/s1. The van der Waals surface area contributed by atoms with Crippen LogP contribution in [0.5, 0.6) is 0 Å². The van der Waals surface area contributed by atoms with Crippen LogP contribution in [-0.2, 0) is 29.1 Å². The molecule has 1 atom stereocenters. The highest BCUT2D eigenvalue weighted by molar-refractivity contribution is 6.05. The van der Waals surface area contributed by atoms with Crippen LogP contribution < -0.4 is 10.6 Å². The molecule has 0 unspecified atom stereocenters. The van der Waals surface area contributed by atoms with Crippen LogP contribution >= 0.6 is 0 Å². The SMILES string of the molecule is CN(C)Cc1ccc(NC(=O)c2ccc3c(c2)N[C@H](CC(=O)O)C(=O)N(CCc2ccccc2)C3)cc1. The molecule has 0 saturated heterocycles. The molecule has 4 rings (SSSR count). The number of hydrogen-bond acceptors (Lipinski definition) is 5. The molecule has 3 aromatic rings. The van der Waals surface area contributed by atoms with Gasteiger partial charge in [0.05, 0.1) is 6.42 Å². The van der Waals surface area contributed by atoms with E-state index >= 15 is 0 Å². The number of carboxylic acid groups (broad SMARTS) is 1. The Bertz CT molecular complexity index is 1260. The first-order valence-corrected chi connectivity index (χ1v) is 12.3. The summed E-state index contributed by atoms with van der Waals surface area (Å²) in [5.41, 5.74) is 4.77. The molecule has 8 heteroatoms. The summed E-state index contributed by atoms with van der Waals surface area (Å²) < 4.78 is 0. The Balaban J connectivity index is 1.51. The lowest BCUT2D eigenvalue weighted by Crippen LogP contribution is -2.42. The maximum absolute atomic E-state index is 13.2. The Morgan fingerprint density at radius 3 is 2.43 bits per heavy atom. The van der Waals surface area contributed by atoms with Crippen molar-refractivity contribution in [2.75, 3.05) is 31.3 Å². The predicted molar refractivity (Wildman–Crippen MR) is 143 cm³/mol. The van der Waals surface area contributed by atoms with E-state index in [0.29, 0.717) is 36.4 Å². The number of nitrogens with one attached hydrogen (secondary N) is 2. The van der Waals surface area contributed by atoms with Crippen molar-refractivity contribution in [3.63, 3.8) is 0 Å². The van der Waals surface area contributed by atoms with Gasteiger partial charge in [-0.1, -0.05) is 48.5 Å². The van der Waals surface area contributed by atoms with Gasteiger partial charge < -0.3 is 25.5 Å². The van der Waals surface area contributed by atoms with Crippen LogP contribution in [0.25, 0.3) is 0 Å². The molecule has 0 spiro atoms. The van der Waals surface area contributed by atoms with Gasteiger partial charge in [-0.2, -0.15) is 0 Å². The van der Waals surface area contributed by atoms with E-state index in [-0.39, 0.29) is 18.2 Å². The summed E-state index contributed by atoms with van der Waals surface area (Å²) in [7, 11) is 4.00. The molecule has 37 heavy (non-hydrogen) atoms. The molecule has 1 aliphatic rings. The minimum atomic E-state index is -1.07. The van der Waals surface area contributed by atoms with Crippen molar-refractivity contribution in [2.45, 2.75) is 32.0 Å². The number of carboxylic acids is 1. The maximum atomic E-state index is 13.2. The second-order valence-electron chi connectivity index (χ2n) is 9.55. The van der Waals surface area contributed by atoms with Crippen molar-refractivity contribution in [3.05, 3.63) is 95.1 Å². The van der Waals surface area contributed by atoms with E-state index in [2.05, 4.69) is 15.5 Å². The zero-order valence-corrected chi connectivity index (χ0v) is 21.1. The zero-order chi connectivity index (χ0) is 26.4. The van der Waals surface area contributed by atoms with Gasteiger partial charge in [-0.3, -0.25) is 14.4 Å². The number of anilines is 2. The van der Waals surface area contributed by atoms with Crippen LogP contribution in [0.4, 0.5) is 11.4 Å². The molecule has 1 heterocycles. The van der Waals surface area contributed by atoms with Crippen molar-refractivity contribution >= 4 is 29.2 Å². The fraction of sp³-hybridized carbons (Fsp3) is 0.276. The van der Waals surface area contributed by atoms with Crippen molar-refractivity contribution in [2.24, 2.45) is 0 Å². The number of aliphatic carboxylic acids is 1. The maximum Gasteiger partial charge on any atom is 0.305 e. The average Bonchev–Trinajstić information content (AvgIpc) is 2.99. The van der Waals surface area contributed by atoms with Crippen LogP contribution in [0.15, 0.2) is 72.8 Å². The molecule has 0 saturated carbocycles. The number of hydrogen-bond donors (Lipinski definition) is 3. The van der Waals surface area contributed by atoms with Crippen LogP contribution in [0.2, 0.25) is 0 Å². The highest BCUT2D eigenvalue weighted by atomic mass is 16.4. The number of fused-ring (bicyclic) bond motifs is 1. The Morgan fingerprint density at radius 1 is 1.03 bits per heavy atom. The van der Waals surface area contributed by atoms with Crippen LogP contribution in [0, 0.1) is 0 Å². The van der Waals surface area contributed by atoms with Gasteiger partial charge in [0.15, 0.2) is 0 Å². The van der Waals surface area contributed by atoms with Crippen molar-refractivity contribution in [1.82, 2.24) is 9.80 Å². The van der Waals surface area contributed by atoms with E-state index < -0.39 is 12.0 Å². The summed E-state index contributed by atoms with van der Waals surface area (Å²) >= 11 is 0. The highest BCUT2D eigenvalue weighted by Gasteiger charge is 2.31. The fourth-order valence-corrected chi connectivity index (χ4v) is 4.42. The summed E-state index contributed by atoms with van der Waals surface area (Å²) in [5, 5.41) is 15.4. The van der Waals surface area contributed by atoms with Gasteiger partial charge in [0, 0.05) is 36.6 Å². The second kappa shape index (κ2) is 11.7. The molecule has 3 aromatic carbocycles. The molecule has 3 N–H and O–H groups in total. The van der Waals surface area contributed by atoms with E-state index in [1.807, 2.05) is 74.8 Å². The van der Waals surface area contributed by atoms with E-state index in [4.69, 9.17) is 0 Å². The smallest absolute Gasteiger partial charge is 0.305 e. The lowest BCUT2D eigenvalue weighted by atomic mass is 10.1. The number of carbonyl (C=O) groups excluding carboxylic acids is 2. The molecule has 8 nitrogen and oxygen atoms in total. The predicted octanol–water partition coefficient (Wildman–Crippen LogP) is 3.84. The number of carbonyl (C=O) groups is 3. The highest BCUT2D eigenvalue weighted by Crippen LogP contribution is 2.26. The van der Waals surface area contributed by atoms with Gasteiger partial charge in [-0.05, 0) is 61.5 Å². The van der Waals surface area contributed by atoms with E-state index in [9.17, 15) is 19.5 Å². The number of nitrogens with zero attached hydrogens (tertiary/aromatic N) is 2. The minimum Gasteiger partial charge on any atom is -0.481 e. The van der Waals surface area contributed by atoms with Crippen LogP contribution in [-0.4, -0.2) is 59.4 Å². The summed E-state index contributed by atoms with van der Waals surface area (Å²) in [6.45, 7) is 1.61.